The standard InChI is InChI=1S/C7H14O4/c1-3-4-5-7(9,10)6(8)11-2/h9-10H,3-5H2,1-2H3. The SMILES string of the molecule is CCCCC(O)(O)C(=O)OC. The minimum absolute atomic E-state index is 0.0240. The van der Waals surface area contributed by atoms with E-state index in [0.29, 0.717) is 6.42 Å². The van der Waals surface area contributed by atoms with Crippen LogP contribution in [-0.2, 0) is 9.53 Å². The maximum absolute atomic E-state index is 10.6. The molecule has 0 spiro atoms. The average Bonchev–Trinajstić information content (AvgIpc) is 1.99. The normalized spacial score (nSPS) is 11.3. The highest BCUT2D eigenvalue weighted by atomic mass is 16.6. The van der Waals surface area contributed by atoms with Gasteiger partial charge in [0.05, 0.1) is 7.11 Å². The largest absolute Gasteiger partial charge is 0.465 e. The summed E-state index contributed by atoms with van der Waals surface area (Å²) in [5, 5.41) is 18.0. The average molecular weight is 162 g/mol. The second-order valence-electron chi connectivity index (χ2n) is 2.41. The Balaban J connectivity index is 3.88. The van der Waals surface area contributed by atoms with E-state index in [1.165, 1.54) is 0 Å². The zero-order chi connectivity index (χ0) is 8.91. The summed E-state index contributed by atoms with van der Waals surface area (Å²) < 4.78 is 4.17. The number of methoxy groups -OCH3 is 1. The van der Waals surface area contributed by atoms with Crippen LogP contribution in [0.5, 0.6) is 0 Å². The van der Waals surface area contributed by atoms with E-state index in [2.05, 4.69) is 4.74 Å². The molecule has 0 aliphatic carbocycles. The first-order valence-corrected chi connectivity index (χ1v) is 3.57. The van der Waals surface area contributed by atoms with Gasteiger partial charge < -0.3 is 14.9 Å². The van der Waals surface area contributed by atoms with Gasteiger partial charge >= 0.3 is 5.97 Å². The van der Waals surface area contributed by atoms with Crippen molar-refractivity contribution in [2.75, 3.05) is 7.11 Å². The summed E-state index contributed by atoms with van der Waals surface area (Å²) in [7, 11) is 1.12. The highest BCUT2D eigenvalue weighted by Crippen LogP contribution is 2.11. The number of rotatable bonds is 4. The van der Waals surface area contributed by atoms with Gasteiger partial charge in [-0.3, -0.25) is 0 Å². The molecule has 0 atom stereocenters. The highest BCUT2D eigenvalue weighted by molar-refractivity contribution is 5.76. The van der Waals surface area contributed by atoms with E-state index >= 15 is 0 Å². The molecule has 0 aromatic heterocycles. The van der Waals surface area contributed by atoms with Crippen molar-refractivity contribution in [1.82, 2.24) is 0 Å². The lowest BCUT2D eigenvalue weighted by atomic mass is 10.1. The summed E-state index contributed by atoms with van der Waals surface area (Å²) in [4.78, 5) is 10.6. The van der Waals surface area contributed by atoms with Crippen LogP contribution in [0.2, 0.25) is 0 Å². The van der Waals surface area contributed by atoms with Gasteiger partial charge in [0.25, 0.3) is 5.79 Å². The summed E-state index contributed by atoms with van der Waals surface area (Å²) in [5.41, 5.74) is 0. The Kier molecular flexibility index (Phi) is 4.07. The molecule has 0 rings (SSSR count). The minimum atomic E-state index is -2.30. The lowest BCUT2D eigenvalue weighted by molar-refractivity contribution is -0.209. The number of esters is 1. The number of ether oxygens (including phenoxy) is 1. The van der Waals surface area contributed by atoms with Gasteiger partial charge in [0, 0.05) is 6.42 Å². The third kappa shape index (κ3) is 3.34. The Morgan fingerprint density at radius 2 is 2.09 bits per heavy atom. The molecular formula is C7H14O4. The molecule has 4 heteroatoms. The monoisotopic (exact) mass is 162 g/mol. The first kappa shape index (κ1) is 10.4. The molecular weight excluding hydrogens is 148 g/mol. The van der Waals surface area contributed by atoms with Crippen LogP contribution in [0.15, 0.2) is 0 Å². The lowest BCUT2D eigenvalue weighted by Gasteiger charge is -2.17. The zero-order valence-corrected chi connectivity index (χ0v) is 6.83. The molecule has 66 valence electrons. The third-order valence-electron chi connectivity index (χ3n) is 1.39. The Hall–Kier alpha value is -0.610. The van der Waals surface area contributed by atoms with E-state index in [1.54, 1.807) is 0 Å². The van der Waals surface area contributed by atoms with Gasteiger partial charge in [-0.2, -0.15) is 0 Å². The molecule has 0 saturated carbocycles. The predicted molar refractivity (Wildman–Crippen MR) is 38.7 cm³/mol. The van der Waals surface area contributed by atoms with Crippen LogP contribution in [0, 0.1) is 0 Å². The van der Waals surface area contributed by atoms with Crippen molar-refractivity contribution in [2.24, 2.45) is 0 Å². The molecule has 0 aliphatic heterocycles. The number of aliphatic hydroxyl groups is 2. The molecule has 0 saturated heterocycles. The highest BCUT2D eigenvalue weighted by Gasteiger charge is 2.33. The van der Waals surface area contributed by atoms with Crippen LogP contribution < -0.4 is 0 Å². The Labute approximate surface area is 65.8 Å². The number of carbonyl (C=O) groups is 1. The molecule has 0 heterocycles. The van der Waals surface area contributed by atoms with Crippen LogP contribution in [0.25, 0.3) is 0 Å². The van der Waals surface area contributed by atoms with Crippen molar-refractivity contribution >= 4 is 5.97 Å². The molecule has 0 unspecified atom stereocenters. The summed E-state index contributed by atoms with van der Waals surface area (Å²) in [6, 6.07) is 0. The number of unbranched alkanes of at least 4 members (excludes halogenated alkanes) is 1. The van der Waals surface area contributed by atoms with Crippen LogP contribution in [-0.4, -0.2) is 29.1 Å². The Morgan fingerprint density at radius 3 is 2.45 bits per heavy atom. The van der Waals surface area contributed by atoms with Gasteiger partial charge in [0.15, 0.2) is 0 Å². The molecule has 4 nitrogen and oxygen atoms in total. The van der Waals surface area contributed by atoms with Crippen molar-refractivity contribution in [3.05, 3.63) is 0 Å². The van der Waals surface area contributed by atoms with E-state index in [0.717, 1.165) is 13.5 Å². The van der Waals surface area contributed by atoms with Gasteiger partial charge in [-0.15, -0.1) is 0 Å². The second kappa shape index (κ2) is 4.31. The smallest absolute Gasteiger partial charge is 0.366 e. The third-order valence-corrected chi connectivity index (χ3v) is 1.39. The summed E-state index contributed by atoms with van der Waals surface area (Å²) >= 11 is 0. The van der Waals surface area contributed by atoms with Crippen molar-refractivity contribution < 1.29 is 19.7 Å². The molecule has 0 aliphatic rings. The van der Waals surface area contributed by atoms with E-state index in [4.69, 9.17) is 10.2 Å². The zero-order valence-electron chi connectivity index (χ0n) is 6.83. The molecule has 11 heavy (non-hydrogen) atoms. The van der Waals surface area contributed by atoms with E-state index in [1.807, 2.05) is 6.92 Å². The second-order valence-corrected chi connectivity index (χ2v) is 2.41. The van der Waals surface area contributed by atoms with Crippen LogP contribution >= 0.6 is 0 Å². The molecule has 0 radical (unpaired) electrons. The van der Waals surface area contributed by atoms with Crippen LogP contribution in [0.1, 0.15) is 26.2 Å². The van der Waals surface area contributed by atoms with Gasteiger partial charge in [0.1, 0.15) is 0 Å². The van der Waals surface area contributed by atoms with Gasteiger partial charge in [-0.1, -0.05) is 13.3 Å². The first-order chi connectivity index (χ1) is 5.04. The van der Waals surface area contributed by atoms with Crippen LogP contribution in [0.4, 0.5) is 0 Å². The van der Waals surface area contributed by atoms with Crippen molar-refractivity contribution in [2.45, 2.75) is 32.0 Å². The van der Waals surface area contributed by atoms with Crippen molar-refractivity contribution in [3.63, 3.8) is 0 Å². The summed E-state index contributed by atoms with van der Waals surface area (Å²) in [6.45, 7) is 1.90. The quantitative estimate of drug-likeness (QED) is 0.452. The molecule has 0 aromatic carbocycles. The fourth-order valence-electron chi connectivity index (χ4n) is 0.689. The van der Waals surface area contributed by atoms with Gasteiger partial charge in [-0.05, 0) is 6.42 Å². The van der Waals surface area contributed by atoms with Gasteiger partial charge in [0.2, 0.25) is 0 Å². The van der Waals surface area contributed by atoms with E-state index < -0.39 is 11.8 Å². The Bertz CT molecular complexity index is 130. The molecule has 0 fully saturated rings. The number of hydrogen-bond donors (Lipinski definition) is 2. The predicted octanol–water partition coefficient (Wildman–Crippen LogP) is 0.0305. The maximum Gasteiger partial charge on any atom is 0.366 e. The van der Waals surface area contributed by atoms with Gasteiger partial charge in [-0.25, -0.2) is 4.79 Å². The number of carbonyl (C=O) groups excluding carboxylic acids is 1. The van der Waals surface area contributed by atoms with Crippen LogP contribution in [0.3, 0.4) is 0 Å². The van der Waals surface area contributed by atoms with Crippen molar-refractivity contribution in [1.29, 1.82) is 0 Å². The topological polar surface area (TPSA) is 66.8 Å². The minimum Gasteiger partial charge on any atom is -0.465 e. The van der Waals surface area contributed by atoms with Crippen molar-refractivity contribution in [3.8, 4) is 0 Å². The maximum atomic E-state index is 10.6. The molecule has 0 aromatic rings. The molecule has 0 bridgehead atoms. The first-order valence-electron chi connectivity index (χ1n) is 3.57. The molecule has 0 amide bonds. The van der Waals surface area contributed by atoms with E-state index in [-0.39, 0.29) is 6.42 Å². The fraction of sp³-hybridized carbons (Fsp3) is 0.857. The number of hydrogen-bond acceptors (Lipinski definition) is 4. The lowest BCUT2D eigenvalue weighted by Crippen LogP contribution is -2.39. The Morgan fingerprint density at radius 1 is 1.55 bits per heavy atom. The van der Waals surface area contributed by atoms with E-state index in [9.17, 15) is 4.79 Å². The molecule has 2 N–H and O–H groups in total. The fourth-order valence-corrected chi connectivity index (χ4v) is 0.689. The summed E-state index contributed by atoms with van der Waals surface area (Å²) in [5.74, 6) is -3.30. The summed E-state index contributed by atoms with van der Waals surface area (Å²) in [6.07, 6.45) is 1.41.